The van der Waals surface area contributed by atoms with E-state index in [4.69, 9.17) is 11.6 Å². The molecule has 1 aromatic rings. The molecule has 1 saturated heterocycles. The van der Waals surface area contributed by atoms with Crippen LogP contribution in [0.2, 0.25) is 0 Å². The molecule has 0 N–H and O–H groups in total. The fourth-order valence-corrected chi connectivity index (χ4v) is 3.13. The lowest BCUT2D eigenvalue weighted by molar-refractivity contribution is 0.108. The molecule has 1 heterocycles. The predicted octanol–water partition coefficient (Wildman–Crippen LogP) is 4.78. The molecular weight excluding hydrogens is 270 g/mol. The minimum absolute atomic E-state index is 0.350. The summed E-state index contributed by atoms with van der Waals surface area (Å²) in [6.07, 6.45) is 5.32. The third kappa shape index (κ3) is 3.17. The fourth-order valence-electron chi connectivity index (χ4n) is 2.97. The van der Waals surface area contributed by atoms with Gasteiger partial charge in [-0.15, -0.1) is 0 Å². The van der Waals surface area contributed by atoms with E-state index in [1.165, 1.54) is 31.2 Å². The van der Waals surface area contributed by atoms with Crippen molar-refractivity contribution in [1.82, 2.24) is 0 Å². The second-order valence-electron chi connectivity index (χ2n) is 5.78. The Labute approximate surface area is 127 Å². The zero-order valence-electron chi connectivity index (χ0n) is 12.7. The van der Waals surface area contributed by atoms with Crippen molar-refractivity contribution < 1.29 is 4.79 Å². The summed E-state index contributed by atoms with van der Waals surface area (Å²) >= 11 is 5.68. The SMILES string of the molecule is CC.Cc1ccc(C(=O)Cl)c(N2CCC3(CC2)CC3)c1. The van der Waals surface area contributed by atoms with Crippen molar-refractivity contribution >= 4 is 22.5 Å². The van der Waals surface area contributed by atoms with Gasteiger partial charge in [-0.2, -0.15) is 0 Å². The van der Waals surface area contributed by atoms with Gasteiger partial charge in [-0.3, -0.25) is 4.79 Å². The van der Waals surface area contributed by atoms with E-state index in [9.17, 15) is 4.79 Å². The van der Waals surface area contributed by atoms with Gasteiger partial charge in [0.25, 0.3) is 5.24 Å². The fraction of sp³-hybridized carbons (Fsp3) is 0.588. The molecule has 1 aliphatic carbocycles. The standard InChI is InChI=1S/C15H18ClNO.C2H6/c1-11-2-3-12(14(16)18)13(10-11)17-8-6-15(4-5-15)7-9-17;1-2/h2-3,10H,4-9H2,1H3;1-2H3. The van der Waals surface area contributed by atoms with Crippen molar-refractivity contribution in [2.24, 2.45) is 5.41 Å². The Morgan fingerprint density at radius 2 is 1.75 bits per heavy atom. The molecule has 3 rings (SSSR count). The van der Waals surface area contributed by atoms with E-state index in [0.717, 1.165) is 18.8 Å². The third-order valence-electron chi connectivity index (χ3n) is 4.49. The van der Waals surface area contributed by atoms with Gasteiger partial charge in [0.05, 0.1) is 5.56 Å². The van der Waals surface area contributed by atoms with Crippen LogP contribution in [0, 0.1) is 12.3 Å². The summed E-state index contributed by atoms with van der Waals surface area (Å²) in [4.78, 5) is 13.8. The van der Waals surface area contributed by atoms with Gasteiger partial charge in [0, 0.05) is 18.8 Å². The molecule has 0 unspecified atom stereocenters. The summed E-state index contributed by atoms with van der Waals surface area (Å²) < 4.78 is 0. The predicted molar refractivity (Wildman–Crippen MR) is 85.8 cm³/mol. The van der Waals surface area contributed by atoms with Crippen LogP contribution >= 0.6 is 11.6 Å². The van der Waals surface area contributed by atoms with E-state index in [2.05, 4.69) is 17.9 Å². The summed E-state index contributed by atoms with van der Waals surface area (Å²) in [6.45, 7) is 8.17. The first-order valence-electron chi connectivity index (χ1n) is 7.65. The van der Waals surface area contributed by atoms with E-state index in [1.54, 1.807) is 0 Å². The van der Waals surface area contributed by atoms with Crippen LogP contribution in [0.15, 0.2) is 18.2 Å². The molecule has 110 valence electrons. The van der Waals surface area contributed by atoms with Gasteiger partial charge in [-0.25, -0.2) is 0 Å². The van der Waals surface area contributed by atoms with Crippen molar-refractivity contribution in [2.75, 3.05) is 18.0 Å². The van der Waals surface area contributed by atoms with E-state index in [1.807, 2.05) is 26.0 Å². The molecular formula is C17H24ClNO. The first kappa shape index (κ1) is 15.4. The molecule has 2 aliphatic rings. The number of hydrogen-bond donors (Lipinski definition) is 0. The highest BCUT2D eigenvalue weighted by molar-refractivity contribution is 6.68. The number of carbonyl (C=O) groups excluding carboxylic acids is 1. The van der Waals surface area contributed by atoms with E-state index in [0.29, 0.717) is 11.0 Å². The van der Waals surface area contributed by atoms with Crippen LogP contribution in [0.1, 0.15) is 55.5 Å². The zero-order valence-corrected chi connectivity index (χ0v) is 13.5. The lowest BCUT2D eigenvalue weighted by atomic mass is 9.93. The number of benzene rings is 1. The van der Waals surface area contributed by atoms with Crippen molar-refractivity contribution in [1.29, 1.82) is 0 Å². The second-order valence-corrected chi connectivity index (χ2v) is 6.12. The maximum Gasteiger partial charge on any atom is 0.254 e. The minimum atomic E-state index is -0.350. The van der Waals surface area contributed by atoms with Crippen LogP contribution in [0.3, 0.4) is 0 Å². The van der Waals surface area contributed by atoms with Crippen molar-refractivity contribution in [3.05, 3.63) is 29.3 Å². The number of carbonyl (C=O) groups is 1. The molecule has 1 saturated carbocycles. The van der Waals surface area contributed by atoms with Gasteiger partial charge in [0.1, 0.15) is 0 Å². The molecule has 1 aromatic carbocycles. The van der Waals surface area contributed by atoms with Gasteiger partial charge in [-0.05, 0) is 67.3 Å². The number of halogens is 1. The summed E-state index contributed by atoms with van der Waals surface area (Å²) in [7, 11) is 0. The molecule has 2 nitrogen and oxygen atoms in total. The molecule has 20 heavy (non-hydrogen) atoms. The topological polar surface area (TPSA) is 20.3 Å². The first-order valence-corrected chi connectivity index (χ1v) is 8.03. The molecule has 3 heteroatoms. The molecule has 0 radical (unpaired) electrons. The Morgan fingerprint density at radius 1 is 1.15 bits per heavy atom. The lowest BCUT2D eigenvalue weighted by Crippen LogP contribution is -2.35. The minimum Gasteiger partial charge on any atom is -0.371 e. The van der Waals surface area contributed by atoms with Crippen LogP contribution in [0.5, 0.6) is 0 Å². The normalized spacial score (nSPS) is 19.3. The Balaban J connectivity index is 0.000000704. The van der Waals surface area contributed by atoms with Crippen LogP contribution in [-0.4, -0.2) is 18.3 Å². The third-order valence-corrected chi connectivity index (χ3v) is 4.69. The van der Waals surface area contributed by atoms with Gasteiger partial charge >= 0.3 is 0 Å². The molecule has 1 spiro atoms. The summed E-state index contributed by atoms with van der Waals surface area (Å²) in [6, 6.07) is 5.88. The molecule has 0 aromatic heterocycles. The van der Waals surface area contributed by atoms with E-state index >= 15 is 0 Å². The van der Waals surface area contributed by atoms with Crippen molar-refractivity contribution in [2.45, 2.75) is 46.5 Å². The van der Waals surface area contributed by atoms with Crippen molar-refractivity contribution in [3.8, 4) is 0 Å². The maximum absolute atomic E-state index is 11.5. The molecule has 2 fully saturated rings. The highest BCUT2D eigenvalue weighted by Gasteiger charge is 2.44. The maximum atomic E-state index is 11.5. The first-order chi connectivity index (χ1) is 9.60. The highest BCUT2D eigenvalue weighted by Crippen LogP contribution is 2.54. The van der Waals surface area contributed by atoms with E-state index in [-0.39, 0.29) is 5.24 Å². The van der Waals surface area contributed by atoms with Gasteiger partial charge in [0.2, 0.25) is 0 Å². The van der Waals surface area contributed by atoms with Crippen LogP contribution in [0.4, 0.5) is 5.69 Å². The Hall–Kier alpha value is -1.02. The molecule has 0 atom stereocenters. The molecule has 0 bridgehead atoms. The Bertz CT molecular complexity index is 484. The number of piperidine rings is 1. The average Bonchev–Trinajstić information content (AvgIpc) is 3.21. The van der Waals surface area contributed by atoms with Gasteiger partial charge in [-0.1, -0.05) is 19.9 Å². The Morgan fingerprint density at radius 3 is 2.25 bits per heavy atom. The molecule has 0 amide bonds. The van der Waals surface area contributed by atoms with Crippen LogP contribution in [-0.2, 0) is 0 Å². The van der Waals surface area contributed by atoms with Crippen LogP contribution < -0.4 is 4.90 Å². The summed E-state index contributed by atoms with van der Waals surface area (Å²) in [5.41, 5.74) is 3.50. The number of aryl methyl sites for hydroxylation is 1. The summed E-state index contributed by atoms with van der Waals surface area (Å²) in [5, 5.41) is -0.350. The largest absolute Gasteiger partial charge is 0.371 e. The number of anilines is 1. The highest BCUT2D eigenvalue weighted by atomic mass is 35.5. The van der Waals surface area contributed by atoms with Crippen LogP contribution in [0.25, 0.3) is 0 Å². The second kappa shape index (κ2) is 6.17. The van der Waals surface area contributed by atoms with Gasteiger partial charge < -0.3 is 4.90 Å². The molecule has 1 aliphatic heterocycles. The van der Waals surface area contributed by atoms with E-state index < -0.39 is 0 Å². The average molecular weight is 294 g/mol. The summed E-state index contributed by atoms with van der Waals surface area (Å²) in [5.74, 6) is 0. The van der Waals surface area contributed by atoms with Crippen molar-refractivity contribution in [3.63, 3.8) is 0 Å². The lowest BCUT2D eigenvalue weighted by Gasteiger charge is -2.34. The van der Waals surface area contributed by atoms with Gasteiger partial charge in [0.15, 0.2) is 0 Å². The number of nitrogens with zero attached hydrogens (tertiary/aromatic N) is 1. The smallest absolute Gasteiger partial charge is 0.254 e. The quantitative estimate of drug-likeness (QED) is 0.731. The number of rotatable bonds is 2. The Kier molecular flexibility index (Phi) is 4.74. The number of hydrogen-bond acceptors (Lipinski definition) is 2. The zero-order chi connectivity index (χ0) is 14.8. The monoisotopic (exact) mass is 293 g/mol.